The van der Waals surface area contributed by atoms with E-state index in [4.69, 9.17) is 5.84 Å². The van der Waals surface area contributed by atoms with Crippen LogP contribution in [-0.2, 0) is 11.2 Å². The molecule has 0 aliphatic heterocycles. The molecule has 0 aliphatic rings. The molecule has 0 heterocycles. The number of aryl methyl sites for hydroxylation is 1. The molecule has 3 N–H and O–H groups in total. The van der Waals surface area contributed by atoms with Gasteiger partial charge in [-0.2, -0.15) is 0 Å². The molecule has 0 saturated heterocycles. The third-order valence-corrected chi connectivity index (χ3v) is 2.92. The van der Waals surface area contributed by atoms with Crippen LogP contribution in [0.3, 0.4) is 0 Å². The number of amides is 1. The van der Waals surface area contributed by atoms with E-state index in [0.717, 1.165) is 15.6 Å². The molecule has 1 rings (SSSR count). The van der Waals surface area contributed by atoms with Crippen LogP contribution in [0.2, 0.25) is 0 Å². The minimum absolute atomic E-state index is 0.189. The van der Waals surface area contributed by atoms with Crippen molar-refractivity contribution in [3.63, 3.8) is 0 Å². The minimum Gasteiger partial charge on any atom is -0.294 e. The van der Waals surface area contributed by atoms with E-state index in [-0.39, 0.29) is 5.91 Å². The van der Waals surface area contributed by atoms with Crippen molar-refractivity contribution in [2.24, 2.45) is 5.84 Å². The van der Waals surface area contributed by atoms with Gasteiger partial charge in [-0.05, 0) is 18.1 Å². The van der Waals surface area contributed by atoms with E-state index >= 15 is 0 Å². The van der Waals surface area contributed by atoms with Crippen molar-refractivity contribution >= 4 is 21.8 Å². The zero-order valence-corrected chi connectivity index (χ0v) is 8.89. The van der Waals surface area contributed by atoms with Gasteiger partial charge in [0.25, 0.3) is 0 Å². The number of hydrazine groups is 1. The van der Waals surface area contributed by atoms with Crippen LogP contribution in [0.1, 0.15) is 11.1 Å². The molecular weight excluding hydrogens is 232 g/mol. The van der Waals surface area contributed by atoms with Crippen LogP contribution < -0.4 is 11.3 Å². The van der Waals surface area contributed by atoms with E-state index < -0.39 is 0 Å². The Bertz CT molecular complexity index is 325. The van der Waals surface area contributed by atoms with Crippen LogP contribution in [-0.4, -0.2) is 5.91 Å². The Hall–Kier alpha value is -0.870. The normalized spacial score (nSPS) is 9.77. The van der Waals surface area contributed by atoms with E-state index in [9.17, 15) is 4.79 Å². The van der Waals surface area contributed by atoms with Crippen molar-refractivity contribution in [3.8, 4) is 0 Å². The molecular formula is C9H11BrN2O. The first-order chi connectivity index (χ1) is 6.15. The van der Waals surface area contributed by atoms with Gasteiger partial charge in [0.2, 0.25) is 5.91 Å². The van der Waals surface area contributed by atoms with Gasteiger partial charge in [-0.15, -0.1) is 0 Å². The smallest absolute Gasteiger partial charge is 0.238 e. The second-order valence-electron chi connectivity index (χ2n) is 2.79. The number of benzene rings is 1. The van der Waals surface area contributed by atoms with Crippen LogP contribution in [0.15, 0.2) is 22.7 Å². The zero-order valence-electron chi connectivity index (χ0n) is 7.30. The third kappa shape index (κ3) is 2.54. The predicted molar refractivity (Wildman–Crippen MR) is 54.9 cm³/mol. The summed E-state index contributed by atoms with van der Waals surface area (Å²) < 4.78 is 0.971. The predicted octanol–water partition coefficient (Wildman–Crippen LogP) is 1.29. The lowest BCUT2D eigenvalue weighted by molar-refractivity contribution is -0.120. The second kappa shape index (κ2) is 4.39. The maximum absolute atomic E-state index is 11.0. The molecule has 1 aromatic rings. The standard InChI is InChI=1S/C9H11BrN2O/c1-6-3-2-4-7(9(6)10)5-8(13)12-11/h2-4H,5,11H2,1H3,(H,12,13). The molecule has 0 fully saturated rings. The van der Waals surface area contributed by atoms with Crippen LogP contribution in [0, 0.1) is 6.92 Å². The summed E-state index contributed by atoms with van der Waals surface area (Å²) in [5, 5.41) is 0. The number of carbonyl (C=O) groups excluding carboxylic acids is 1. The number of halogens is 1. The van der Waals surface area contributed by atoms with Gasteiger partial charge in [-0.3, -0.25) is 10.2 Å². The summed E-state index contributed by atoms with van der Waals surface area (Å²) in [4.78, 5) is 11.0. The Balaban J connectivity index is 2.89. The molecule has 13 heavy (non-hydrogen) atoms. The summed E-state index contributed by atoms with van der Waals surface area (Å²) in [5.41, 5.74) is 4.16. The van der Waals surface area contributed by atoms with Crippen molar-refractivity contribution in [2.45, 2.75) is 13.3 Å². The van der Waals surface area contributed by atoms with Gasteiger partial charge in [0, 0.05) is 4.47 Å². The fourth-order valence-corrected chi connectivity index (χ4v) is 1.47. The topological polar surface area (TPSA) is 55.1 Å². The van der Waals surface area contributed by atoms with Crippen molar-refractivity contribution in [1.82, 2.24) is 5.43 Å². The Labute approximate surface area is 85.4 Å². The molecule has 0 atom stereocenters. The highest BCUT2D eigenvalue weighted by atomic mass is 79.9. The van der Waals surface area contributed by atoms with Gasteiger partial charge in [-0.1, -0.05) is 34.1 Å². The summed E-state index contributed by atoms with van der Waals surface area (Å²) in [6, 6.07) is 5.79. The molecule has 4 heteroatoms. The van der Waals surface area contributed by atoms with Gasteiger partial charge in [0.05, 0.1) is 6.42 Å². The largest absolute Gasteiger partial charge is 0.294 e. The van der Waals surface area contributed by atoms with E-state index in [1.54, 1.807) is 0 Å². The van der Waals surface area contributed by atoms with E-state index in [1.807, 2.05) is 25.1 Å². The maximum Gasteiger partial charge on any atom is 0.238 e. The summed E-state index contributed by atoms with van der Waals surface area (Å²) in [5.74, 6) is 4.80. The minimum atomic E-state index is -0.189. The molecule has 0 aliphatic carbocycles. The molecule has 0 radical (unpaired) electrons. The van der Waals surface area contributed by atoms with Crippen LogP contribution >= 0.6 is 15.9 Å². The maximum atomic E-state index is 11.0. The molecule has 70 valence electrons. The second-order valence-corrected chi connectivity index (χ2v) is 3.59. The van der Waals surface area contributed by atoms with E-state index in [1.165, 1.54) is 0 Å². The Morgan fingerprint density at radius 2 is 2.31 bits per heavy atom. The highest BCUT2D eigenvalue weighted by Gasteiger charge is 2.06. The Kier molecular flexibility index (Phi) is 3.45. The molecule has 0 bridgehead atoms. The first kappa shape index (κ1) is 10.2. The number of hydrogen-bond acceptors (Lipinski definition) is 2. The number of nitrogens with two attached hydrogens (primary N) is 1. The first-order valence-electron chi connectivity index (χ1n) is 3.88. The molecule has 0 aromatic heterocycles. The van der Waals surface area contributed by atoms with Gasteiger partial charge in [-0.25, -0.2) is 5.84 Å². The average Bonchev–Trinajstić information content (AvgIpc) is 2.13. The number of rotatable bonds is 2. The van der Waals surface area contributed by atoms with Gasteiger partial charge in [0.15, 0.2) is 0 Å². The van der Waals surface area contributed by atoms with Gasteiger partial charge in [0.1, 0.15) is 0 Å². The SMILES string of the molecule is Cc1cccc(CC(=O)NN)c1Br. The monoisotopic (exact) mass is 242 g/mol. The zero-order chi connectivity index (χ0) is 9.84. The lowest BCUT2D eigenvalue weighted by Crippen LogP contribution is -2.31. The average molecular weight is 243 g/mol. The lowest BCUT2D eigenvalue weighted by Gasteiger charge is -2.05. The molecule has 0 saturated carbocycles. The number of nitrogens with one attached hydrogen (secondary N) is 1. The molecule has 0 spiro atoms. The number of hydrogen-bond donors (Lipinski definition) is 2. The van der Waals surface area contributed by atoms with Crippen molar-refractivity contribution < 1.29 is 4.79 Å². The lowest BCUT2D eigenvalue weighted by atomic mass is 10.1. The van der Waals surface area contributed by atoms with Gasteiger partial charge < -0.3 is 0 Å². The molecule has 1 amide bonds. The Morgan fingerprint density at radius 3 is 2.92 bits per heavy atom. The van der Waals surface area contributed by atoms with Crippen LogP contribution in [0.25, 0.3) is 0 Å². The number of carbonyl (C=O) groups is 1. The summed E-state index contributed by atoms with van der Waals surface area (Å²) in [7, 11) is 0. The quantitative estimate of drug-likeness (QED) is 0.467. The highest BCUT2D eigenvalue weighted by molar-refractivity contribution is 9.10. The first-order valence-corrected chi connectivity index (χ1v) is 4.68. The van der Waals surface area contributed by atoms with E-state index in [0.29, 0.717) is 6.42 Å². The summed E-state index contributed by atoms with van der Waals surface area (Å²) in [6.07, 6.45) is 0.304. The van der Waals surface area contributed by atoms with Gasteiger partial charge >= 0.3 is 0 Å². The molecule has 3 nitrogen and oxygen atoms in total. The molecule has 0 unspecified atom stereocenters. The van der Waals surface area contributed by atoms with Crippen LogP contribution in [0.5, 0.6) is 0 Å². The molecule has 1 aromatic carbocycles. The summed E-state index contributed by atoms with van der Waals surface area (Å²) >= 11 is 3.42. The fourth-order valence-electron chi connectivity index (χ4n) is 1.07. The van der Waals surface area contributed by atoms with Crippen molar-refractivity contribution in [3.05, 3.63) is 33.8 Å². The highest BCUT2D eigenvalue weighted by Crippen LogP contribution is 2.21. The third-order valence-electron chi connectivity index (χ3n) is 1.78. The van der Waals surface area contributed by atoms with Crippen LogP contribution in [0.4, 0.5) is 0 Å². The van der Waals surface area contributed by atoms with Crippen molar-refractivity contribution in [2.75, 3.05) is 0 Å². The summed E-state index contributed by atoms with van der Waals surface area (Å²) in [6.45, 7) is 1.98. The fraction of sp³-hybridized carbons (Fsp3) is 0.222. The van der Waals surface area contributed by atoms with E-state index in [2.05, 4.69) is 21.4 Å². The van der Waals surface area contributed by atoms with Crippen molar-refractivity contribution in [1.29, 1.82) is 0 Å². The Morgan fingerprint density at radius 1 is 1.62 bits per heavy atom.